The summed E-state index contributed by atoms with van der Waals surface area (Å²) >= 11 is 12.3. The summed E-state index contributed by atoms with van der Waals surface area (Å²) in [6.07, 6.45) is 1.57. The number of nitrogens with zero attached hydrogens (tertiary/aromatic N) is 1. The van der Waals surface area contributed by atoms with Crippen LogP contribution in [0.25, 0.3) is 0 Å². The predicted molar refractivity (Wildman–Crippen MR) is 96.9 cm³/mol. The third-order valence-electron chi connectivity index (χ3n) is 4.07. The van der Waals surface area contributed by atoms with Crippen molar-refractivity contribution in [3.05, 3.63) is 58.1 Å². The van der Waals surface area contributed by atoms with Gasteiger partial charge in [-0.1, -0.05) is 35.3 Å². The zero-order chi connectivity index (χ0) is 17.1. The van der Waals surface area contributed by atoms with Crippen molar-refractivity contribution in [1.82, 2.24) is 4.90 Å². The minimum atomic E-state index is -0.131. The van der Waals surface area contributed by atoms with E-state index in [9.17, 15) is 4.79 Å². The fourth-order valence-corrected chi connectivity index (χ4v) is 3.38. The highest BCUT2D eigenvalue weighted by Crippen LogP contribution is 2.27. The molecule has 126 valence electrons. The highest BCUT2D eigenvalue weighted by Gasteiger charge is 2.27. The summed E-state index contributed by atoms with van der Waals surface area (Å²) in [5.41, 5.74) is 6.81. The van der Waals surface area contributed by atoms with Crippen LogP contribution in [0.15, 0.2) is 42.5 Å². The monoisotopic (exact) mass is 364 g/mol. The van der Waals surface area contributed by atoms with Crippen molar-refractivity contribution in [3.63, 3.8) is 0 Å². The molecule has 0 bridgehead atoms. The molecular formula is C18H18Cl2N2O2. The summed E-state index contributed by atoms with van der Waals surface area (Å²) < 4.78 is 5.95. The van der Waals surface area contributed by atoms with Gasteiger partial charge in [-0.2, -0.15) is 0 Å². The molecule has 4 nitrogen and oxygen atoms in total. The molecule has 0 radical (unpaired) electrons. The first kappa shape index (κ1) is 16.9. The number of halogens is 2. The first-order valence-corrected chi connectivity index (χ1v) is 8.55. The molecule has 1 aliphatic heterocycles. The molecule has 0 saturated carbocycles. The number of anilines is 1. The predicted octanol–water partition coefficient (Wildman–Crippen LogP) is 4.26. The second-order valence-electron chi connectivity index (χ2n) is 5.78. The standard InChI is InChI=1S/C18H18Cl2N2O2/c19-15-5-2-6-16(20)17(15)18(23)22-9-7-13(8-10-22)24-14-4-1-3-12(21)11-14/h1-6,11,13H,7-10,21H2. The van der Waals surface area contributed by atoms with Crippen LogP contribution in [-0.4, -0.2) is 30.0 Å². The van der Waals surface area contributed by atoms with E-state index in [2.05, 4.69) is 0 Å². The molecule has 2 aromatic carbocycles. The molecule has 1 fully saturated rings. The summed E-state index contributed by atoms with van der Waals surface area (Å²) in [7, 11) is 0. The van der Waals surface area contributed by atoms with Crippen molar-refractivity contribution in [2.45, 2.75) is 18.9 Å². The number of carbonyl (C=O) groups excluding carboxylic acids is 1. The van der Waals surface area contributed by atoms with Crippen LogP contribution in [0.4, 0.5) is 5.69 Å². The molecule has 1 amide bonds. The van der Waals surface area contributed by atoms with E-state index in [1.165, 1.54) is 0 Å². The fourth-order valence-electron chi connectivity index (χ4n) is 2.82. The number of nitrogen functional groups attached to an aromatic ring is 1. The molecule has 2 aromatic rings. The number of likely N-dealkylation sites (tertiary alicyclic amines) is 1. The average molecular weight is 365 g/mol. The third kappa shape index (κ3) is 3.77. The Morgan fingerprint density at radius 3 is 2.33 bits per heavy atom. The van der Waals surface area contributed by atoms with Crippen molar-refractivity contribution in [2.24, 2.45) is 0 Å². The van der Waals surface area contributed by atoms with Crippen LogP contribution in [0.5, 0.6) is 5.75 Å². The molecule has 0 atom stereocenters. The minimum Gasteiger partial charge on any atom is -0.490 e. The zero-order valence-corrected chi connectivity index (χ0v) is 14.6. The Morgan fingerprint density at radius 1 is 1.08 bits per heavy atom. The molecule has 0 spiro atoms. The average Bonchev–Trinajstić information content (AvgIpc) is 2.55. The zero-order valence-electron chi connectivity index (χ0n) is 13.0. The van der Waals surface area contributed by atoms with Gasteiger partial charge in [0, 0.05) is 37.7 Å². The molecule has 0 aromatic heterocycles. The molecule has 2 N–H and O–H groups in total. The lowest BCUT2D eigenvalue weighted by molar-refractivity contribution is 0.0596. The van der Waals surface area contributed by atoms with Crippen molar-refractivity contribution >= 4 is 34.8 Å². The number of carbonyl (C=O) groups is 1. The van der Waals surface area contributed by atoms with Gasteiger partial charge in [0.1, 0.15) is 11.9 Å². The number of nitrogens with two attached hydrogens (primary N) is 1. The van der Waals surface area contributed by atoms with Gasteiger partial charge in [0.15, 0.2) is 0 Å². The minimum absolute atomic E-state index is 0.0672. The summed E-state index contributed by atoms with van der Waals surface area (Å²) in [5.74, 6) is 0.627. The summed E-state index contributed by atoms with van der Waals surface area (Å²) in [6, 6.07) is 12.5. The maximum absolute atomic E-state index is 12.7. The maximum Gasteiger partial charge on any atom is 0.256 e. The Bertz CT molecular complexity index is 723. The number of hydrogen-bond donors (Lipinski definition) is 1. The van der Waals surface area contributed by atoms with Crippen molar-refractivity contribution in [2.75, 3.05) is 18.8 Å². The maximum atomic E-state index is 12.7. The fraction of sp³-hybridized carbons (Fsp3) is 0.278. The van der Waals surface area contributed by atoms with Crippen LogP contribution in [0.1, 0.15) is 23.2 Å². The van der Waals surface area contributed by atoms with Crippen molar-refractivity contribution in [3.8, 4) is 5.75 Å². The van der Waals surface area contributed by atoms with E-state index in [1.54, 1.807) is 29.2 Å². The van der Waals surface area contributed by atoms with E-state index < -0.39 is 0 Å². The molecule has 0 aliphatic carbocycles. The van der Waals surface area contributed by atoms with Crippen LogP contribution in [-0.2, 0) is 0 Å². The lowest BCUT2D eigenvalue weighted by Crippen LogP contribution is -2.42. The molecular weight excluding hydrogens is 347 g/mol. The van der Waals surface area contributed by atoms with Crippen molar-refractivity contribution in [1.29, 1.82) is 0 Å². The summed E-state index contributed by atoms with van der Waals surface area (Å²) in [4.78, 5) is 14.4. The topological polar surface area (TPSA) is 55.6 Å². The van der Waals surface area contributed by atoms with Crippen LogP contribution in [0.2, 0.25) is 10.0 Å². The molecule has 1 heterocycles. The van der Waals surface area contributed by atoms with Gasteiger partial charge < -0.3 is 15.4 Å². The molecule has 6 heteroatoms. The van der Waals surface area contributed by atoms with Crippen LogP contribution in [0.3, 0.4) is 0 Å². The summed E-state index contributed by atoms with van der Waals surface area (Å²) in [6.45, 7) is 1.21. The van der Waals surface area contributed by atoms with Crippen LogP contribution >= 0.6 is 23.2 Å². The molecule has 3 rings (SSSR count). The van der Waals surface area contributed by atoms with E-state index in [4.69, 9.17) is 33.7 Å². The Morgan fingerprint density at radius 2 is 1.71 bits per heavy atom. The Balaban J connectivity index is 1.62. The van der Waals surface area contributed by atoms with E-state index in [0.717, 1.165) is 18.6 Å². The Labute approximate surface area is 151 Å². The van der Waals surface area contributed by atoms with Gasteiger partial charge in [-0.25, -0.2) is 0 Å². The van der Waals surface area contributed by atoms with Crippen LogP contribution < -0.4 is 10.5 Å². The van der Waals surface area contributed by atoms with E-state index in [-0.39, 0.29) is 12.0 Å². The number of hydrogen-bond acceptors (Lipinski definition) is 3. The molecule has 1 saturated heterocycles. The first-order valence-electron chi connectivity index (χ1n) is 7.80. The van der Waals surface area contributed by atoms with E-state index >= 15 is 0 Å². The molecule has 1 aliphatic rings. The lowest BCUT2D eigenvalue weighted by Gasteiger charge is -2.32. The number of benzene rings is 2. The Hall–Kier alpha value is -1.91. The SMILES string of the molecule is Nc1cccc(OC2CCN(C(=O)c3c(Cl)cccc3Cl)CC2)c1. The molecule has 0 unspecified atom stereocenters. The largest absolute Gasteiger partial charge is 0.490 e. The normalized spacial score (nSPS) is 15.3. The van der Waals surface area contributed by atoms with Crippen molar-refractivity contribution < 1.29 is 9.53 Å². The Kier molecular flexibility index (Phi) is 5.17. The van der Waals surface area contributed by atoms with E-state index in [1.807, 2.05) is 18.2 Å². The first-order chi connectivity index (χ1) is 11.5. The second-order valence-corrected chi connectivity index (χ2v) is 6.59. The van der Waals surface area contributed by atoms with Gasteiger partial charge in [0.25, 0.3) is 5.91 Å². The number of piperidine rings is 1. The smallest absolute Gasteiger partial charge is 0.256 e. The van der Waals surface area contributed by atoms with Gasteiger partial charge in [-0.15, -0.1) is 0 Å². The number of rotatable bonds is 3. The molecule has 24 heavy (non-hydrogen) atoms. The van der Waals surface area contributed by atoms with E-state index in [0.29, 0.717) is 34.4 Å². The highest BCUT2D eigenvalue weighted by molar-refractivity contribution is 6.39. The third-order valence-corrected chi connectivity index (χ3v) is 4.70. The quantitative estimate of drug-likeness (QED) is 0.827. The van der Waals surface area contributed by atoms with Gasteiger partial charge in [0.05, 0.1) is 15.6 Å². The van der Waals surface area contributed by atoms with Gasteiger partial charge in [0.2, 0.25) is 0 Å². The number of amides is 1. The van der Waals surface area contributed by atoms with Crippen LogP contribution in [0, 0.1) is 0 Å². The van der Waals surface area contributed by atoms with Gasteiger partial charge in [-0.05, 0) is 24.3 Å². The van der Waals surface area contributed by atoms with Gasteiger partial charge in [-0.3, -0.25) is 4.79 Å². The highest BCUT2D eigenvalue weighted by atomic mass is 35.5. The lowest BCUT2D eigenvalue weighted by atomic mass is 10.1. The second kappa shape index (κ2) is 7.32. The number of ether oxygens (including phenoxy) is 1. The van der Waals surface area contributed by atoms with Gasteiger partial charge >= 0.3 is 0 Å². The summed E-state index contributed by atoms with van der Waals surface area (Å²) in [5, 5.41) is 0.760.